The van der Waals surface area contributed by atoms with E-state index in [4.69, 9.17) is 5.11 Å². The molecule has 1 aromatic carbocycles. The van der Waals surface area contributed by atoms with Crippen molar-refractivity contribution in [3.63, 3.8) is 0 Å². The van der Waals surface area contributed by atoms with Crippen LogP contribution in [0.4, 0.5) is 0 Å². The van der Waals surface area contributed by atoms with Crippen molar-refractivity contribution in [3.8, 4) is 11.1 Å². The highest BCUT2D eigenvalue weighted by Gasteiger charge is 2.25. The largest absolute Gasteiger partial charge is 0.481 e. The number of carboxylic acids is 1. The highest BCUT2D eigenvalue weighted by Crippen LogP contribution is 2.33. The van der Waals surface area contributed by atoms with Crippen molar-refractivity contribution in [1.82, 2.24) is 9.88 Å². The lowest BCUT2D eigenvalue weighted by atomic mass is 9.99. The SMILES string of the molecule is Cc1ccc(-c2c(C(=O)NCC(C)C)c(C)n(CC[C@@H](O)C[C@@H](O)CC(=O)O)c2C)cc1. The second-order valence-electron chi connectivity index (χ2n) is 8.97. The van der Waals surface area contributed by atoms with Crippen molar-refractivity contribution >= 4 is 11.9 Å². The third kappa shape index (κ3) is 6.68. The Morgan fingerprint density at radius 3 is 2.19 bits per heavy atom. The Morgan fingerprint density at radius 1 is 1.00 bits per heavy atom. The summed E-state index contributed by atoms with van der Waals surface area (Å²) >= 11 is 0. The molecule has 0 saturated carbocycles. The summed E-state index contributed by atoms with van der Waals surface area (Å²) in [5.74, 6) is -0.884. The summed E-state index contributed by atoms with van der Waals surface area (Å²) in [6, 6.07) is 8.06. The zero-order chi connectivity index (χ0) is 24.0. The van der Waals surface area contributed by atoms with E-state index in [1.807, 2.05) is 63.5 Å². The van der Waals surface area contributed by atoms with Gasteiger partial charge in [0, 0.05) is 30.0 Å². The number of aromatic nitrogens is 1. The zero-order valence-corrected chi connectivity index (χ0v) is 19.7. The molecule has 0 saturated heterocycles. The van der Waals surface area contributed by atoms with Crippen LogP contribution in [0.5, 0.6) is 0 Å². The quantitative estimate of drug-likeness (QED) is 0.424. The molecule has 2 rings (SSSR count). The molecule has 0 aliphatic heterocycles. The number of aliphatic hydroxyl groups is 2. The molecule has 7 nitrogen and oxygen atoms in total. The summed E-state index contributed by atoms with van der Waals surface area (Å²) in [7, 11) is 0. The maximum absolute atomic E-state index is 13.1. The number of aryl methyl sites for hydroxylation is 1. The Morgan fingerprint density at radius 2 is 1.62 bits per heavy atom. The standard InChI is InChI=1S/C25H36N2O5/c1-15(2)14-26-25(32)24-18(5)27(11-10-20(28)12-21(29)13-22(30)31)17(4)23(24)19-8-6-16(3)7-9-19/h6-9,15,20-21,28-29H,10-14H2,1-5H3,(H,26,32)(H,30,31)/t20-,21-/m1/s1. The zero-order valence-electron chi connectivity index (χ0n) is 19.7. The highest BCUT2D eigenvalue weighted by molar-refractivity contribution is 6.03. The van der Waals surface area contributed by atoms with Crippen LogP contribution in [-0.4, -0.2) is 50.5 Å². The van der Waals surface area contributed by atoms with Crippen molar-refractivity contribution < 1.29 is 24.9 Å². The Hall–Kier alpha value is -2.64. The molecular weight excluding hydrogens is 408 g/mol. The van der Waals surface area contributed by atoms with Gasteiger partial charge in [-0.2, -0.15) is 0 Å². The number of aliphatic hydroxyl groups excluding tert-OH is 2. The average molecular weight is 445 g/mol. The lowest BCUT2D eigenvalue weighted by Gasteiger charge is -2.16. The summed E-state index contributed by atoms with van der Waals surface area (Å²) in [6.45, 7) is 11.0. The van der Waals surface area contributed by atoms with Gasteiger partial charge in [0.25, 0.3) is 5.91 Å². The number of carbonyl (C=O) groups excluding carboxylic acids is 1. The summed E-state index contributed by atoms with van der Waals surface area (Å²) < 4.78 is 2.02. The van der Waals surface area contributed by atoms with Gasteiger partial charge in [0.2, 0.25) is 0 Å². The van der Waals surface area contributed by atoms with Crippen molar-refractivity contribution in [2.75, 3.05) is 6.54 Å². The maximum atomic E-state index is 13.1. The smallest absolute Gasteiger partial charge is 0.305 e. The fourth-order valence-corrected chi connectivity index (χ4v) is 3.95. The van der Waals surface area contributed by atoms with Crippen molar-refractivity contribution in [1.29, 1.82) is 0 Å². The topological polar surface area (TPSA) is 112 Å². The minimum absolute atomic E-state index is 0.00177. The van der Waals surface area contributed by atoms with Crippen molar-refractivity contribution in [3.05, 3.63) is 46.8 Å². The first kappa shape index (κ1) is 25.6. The van der Waals surface area contributed by atoms with Crippen LogP contribution in [-0.2, 0) is 11.3 Å². The number of aliphatic carboxylic acids is 1. The second-order valence-corrected chi connectivity index (χ2v) is 8.97. The van der Waals surface area contributed by atoms with Crippen molar-refractivity contribution in [2.24, 2.45) is 5.92 Å². The number of nitrogens with one attached hydrogen (secondary N) is 1. The Bertz CT molecular complexity index is 931. The fraction of sp³-hybridized carbons (Fsp3) is 0.520. The number of benzene rings is 1. The number of hydrogen-bond acceptors (Lipinski definition) is 4. The van der Waals surface area contributed by atoms with Crippen LogP contribution in [0.25, 0.3) is 11.1 Å². The molecule has 2 atom stereocenters. The van der Waals surface area contributed by atoms with Crippen LogP contribution in [0, 0.1) is 26.7 Å². The van der Waals surface area contributed by atoms with E-state index in [1.165, 1.54) is 0 Å². The third-order valence-corrected chi connectivity index (χ3v) is 5.66. The first-order chi connectivity index (χ1) is 15.0. The van der Waals surface area contributed by atoms with Gasteiger partial charge >= 0.3 is 5.97 Å². The van der Waals surface area contributed by atoms with Crippen LogP contribution in [0.2, 0.25) is 0 Å². The number of carbonyl (C=O) groups is 2. The van der Waals surface area contributed by atoms with Gasteiger partial charge in [-0.1, -0.05) is 43.7 Å². The molecule has 0 radical (unpaired) electrons. The van der Waals surface area contributed by atoms with Crippen LogP contribution in [0.1, 0.15) is 60.4 Å². The van der Waals surface area contributed by atoms with Gasteiger partial charge in [0.15, 0.2) is 0 Å². The molecule has 0 unspecified atom stereocenters. The number of nitrogens with zero attached hydrogens (tertiary/aromatic N) is 1. The monoisotopic (exact) mass is 444 g/mol. The molecule has 0 aliphatic carbocycles. The summed E-state index contributed by atoms with van der Waals surface area (Å²) in [5, 5.41) is 31.9. The molecule has 0 fully saturated rings. The van der Waals surface area contributed by atoms with E-state index >= 15 is 0 Å². The molecule has 1 aromatic heterocycles. The molecule has 0 aliphatic rings. The lowest BCUT2D eigenvalue weighted by molar-refractivity contribution is -0.139. The van der Waals surface area contributed by atoms with Gasteiger partial charge in [0.05, 0.1) is 24.2 Å². The summed E-state index contributed by atoms with van der Waals surface area (Å²) in [4.78, 5) is 23.9. The average Bonchev–Trinajstić information content (AvgIpc) is 2.94. The first-order valence-electron chi connectivity index (χ1n) is 11.1. The predicted octanol–water partition coefficient (Wildman–Crippen LogP) is 3.44. The van der Waals surface area contributed by atoms with Crippen LogP contribution in [0.15, 0.2) is 24.3 Å². The molecular formula is C25H36N2O5. The van der Waals surface area contributed by atoms with E-state index in [0.717, 1.165) is 28.1 Å². The molecule has 2 aromatic rings. The Balaban J connectivity index is 2.33. The normalized spacial score (nSPS) is 13.2. The van der Waals surface area contributed by atoms with Gasteiger partial charge in [0.1, 0.15) is 0 Å². The van der Waals surface area contributed by atoms with Gasteiger partial charge in [-0.05, 0) is 45.1 Å². The van der Waals surface area contributed by atoms with Crippen LogP contribution in [0.3, 0.4) is 0 Å². The van der Waals surface area contributed by atoms with Gasteiger partial charge < -0.3 is 25.2 Å². The molecule has 1 amide bonds. The Labute approximate surface area is 190 Å². The number of hydrogen-bond donors (Lipinski definition) is 4. The van der Waals surface area contributed by atoms with E-state index < -0.39 is 24.6 Å². The van der Waals surface area contributed by atoms with E-state index in [2.05, 4.69) is 5.32 Å². The lowest BCUT2D eigenvalue weighted by Crippen LogP contribution is -2.28. The molecule has 4 N–H and O–H groups in total. The Kier molecular flexibility index (Phi) is 9.04. The van der Waals surface area contributed by atoms with E-state index in [1.54, 1.807) is 0 Å². The van der Waals surface area contributed by atoms with Gasteiger partial charge in [-0.3, -0.25) is 9.59 Å². The number of carboxylic acid groups (broad SMARTS) is 1. The van der Waals surface area contributed by atoms with Gasteiger partial charge in [-0.25, -0.2) is 0 Å². The summed E-state index contributed by atoms with van der Waals surface area (Å²) in [6.07, 6.45) is -1.98. The molecule has 0 bridgehead atoms. The van der Waals surface area contributed by atoms with Crippen LogP contribution < -0.4 is 5.32 Å². The number of amides is 1. The van der Waals surface area contributed by atoms with E-state index in [9.17, 15) is 19.8 Å². The maximum Gasteiger partial charge on any atom is 0.305 e. The second kappa shape index (κ2) is 11.3. The van der Waals surface area contributed by atoms with E-state index in [-0.39, 0.29) is 12.3 Å². The third-order valence-electron chi connectivity index (χ3n) is 5.66. The van der Waals surface area contributed by atoms with Gasteiger partial charge in [-0.15, -0.1) is 0 Å². The molecule has 1 heterocycles. The first-order valence-corrected chi connectivity index (χ1v) is 11.1. The summed E-state index contributed by atoms with van der Waals surface area (Å²) in [5.41, 5.74) is 5.35. The highest BCUT2D eigenvalue weighted by atomic mass is 16.4. The molecule has 7 heteroatoms. The minimum Gasteiger partial charge on any atom is -0.481 e. The fourth-order valence-electron chi connectivity index (χ4n) is 3.95. The predicted molar refractivity (Wildman–Crippen MR) is 125 cm³/mol. The molecule has 176 valence electrons. The van der Waals surface area contributed by atoms with Crippen LogP contribution >= 0.6 is 0 Å². The number of rotatable bonds is 11. The molecule has 32 heavy (non-hydrogen) atoms. The minimum atomic E-state index is -1.10. The molecule has 0 spiro atoms. The van der Waals surface area contributed by atoms with E-state index in [0.29, 0.717) is 31.0 Å². The van der Waals surface area contributed by atoms with Crippen molar-refractivity contribution in [2.45, 2.75) is 72.6 Å².